The number of nitrogens with one attached hydrogen (secondary N) is 4. The topological polar surface area (TPSA) is 249 Å². The minimum Gasteiger partial charge on any atom is -0.324 e. The van der Waals surface area contributed by atoms with Gasteiger partial charge in [0.15, 0.2) is 0 Å². The van der Waals surface area contributed by atoms with Gasteiger partial charge < -0.3 is 19.9 Å². The second kappa shape index (κ2) is 12.3. The van der Waals surface area contributed by atoms with Crippen molar-refractivity contribution in [3.63, 3.8) is 0 Å². The van der Waals surface area contributed by atoms with Crippen LogP contribution in [-0.4, -0.2) is 53.6 Å². The highest BCUT2D eigenvalue weighted by molar-refractivity contribution is 8.18. The lowest BCUT2D eigenvalue weighted by molar-refractivity contribution is 0.583. The monoisotopic (exact) mass is 908 g/mol. The number of hydrogen-bond donors (Lipinski definition) is 4. The Morgan fingerprint density at radius 3 is 0.875 bits per heavy atom. The molecule has 5 heterocycles. The van der Waals surface area contributed by atoms with Gasteiger partial charge in [0, 0.05) is 75.0 Å². The fourth-order valence-corrected chi connectivity index (χ4v) is 14.4. The molecule has 4 aromatic carbocycles. The molecule has 8 aromatic rings. The smallest absolute Gasteiger partial charge is 0.264 e. The minimum absolute atomic E-state index is 0.00736. The first-order chi connectivity index (χ1) is 26.3. The summed E-state index contributed by atoms with van der Waals surface area (Å²) in [6.07, 6.45) is 0. The fourth-order valence-electron chi connectivity index (χ4n) is 6.83. The van der Waals surface area contributed by atoms with Gasteiger partial charge in [-0.25, -0.2) is 53.6 Å². The molecule has 0 radical (unpaired) electrons. The summed E-state index contributed by atoms with van der Waals surface area (Å²) in [5.74, 6) is 0.498. The van der Waals surface area contributed by atoms with Crippen molar-refractivity contribution in [3.8, 4) is 0 Å². The van der Waals surface area contributed by atoms with E-state index in [-0.39, 0.29) is 23.3 Å². The Bertz CT molecular complexity index is 3600. The molecular formula is C32H16Cl4N8O8S4. The maximum absolute atomic E-state index is 13.5. The Balaban J connectivity index is 1.64. The SMILES string of the molecule is O=S(=O)(Cl)c1c(S(=O)(=O)Cl)c(S(=O)(=O)Cl)c2c3[nH]c(c2c1S(=O)(=O)Cl)=Nc1[nH]c(c2ccccc12)N=c1[nH]c(c2ccccc12)=Nc1[nH]c(c2ccccc12)N=3. The fraction of sp³-hybridized carbons (Fsp3) is 0. The molecule has 284 valence electrons. The lowest BCUT2D eigenvalue weighted by atomic mass is 10.2. The van der Waals surface area contributed by atoms with Crippen LogP contribution in [0.2, 0.25) is 0 Å². The van der Waals surface area contributed by atoms with Crippen molar-refractivity contribution in [1.29, 1.82) is 0 Å². The summed E-state index contributed by atoms with van der Waals surface area (Å²) >= 11 is 0. The predicted octanol–water partition coefficient (Wildman–Crippen LogP) is 5.44. The largest absolute Gasteiger partial charge is 0.324 e. The highest BCUT2D eigenvalue weighted by atomic mass is 35.7. The van der Waals surface area contributed by atoms with Crippen molar-refractivity contribution in [3.05, 3.63) is 94.7 Å². The van der Waals surface area contributed by atoms with Crippen molar-refractivity contribution >= 4 is 145 Å². The Kier molecular flexibility index (Phi) is 8.12. The Morgan fingerprint density at radius 1 is 0.339 bits per heavy atom. The molecule has 0 fully saturated rings. The highest BCUT2D eigenvalue weighted by Crippen LogP contribution is 2.44. The van der Waals surface area contributed by atoms with Gasteiger partial charge in [-0.05, 0) is 0 Å². The van der Waals surface area contributed by atoms with E-state index in [1.54, 1.807) is 48.5 Å². The van der Waals surface area contributed by atoms with Crippen LogP contribution in [0.3, 0.4) is 0 Å². The third kappa shape index (κ3) is 5.82. The van der Waals surface area contributed by atoms with Crippen molar-refractivity contribution in [2.75, 3.05) is 0 Å². The summed E-state index contributed by atoms with van der Waals surface area (Å²) in [7, 11) is 1.28. The lowest BCUT2D eigenvalue weighted by Gasteiger charge is -2.14. The summed E-state index contributed by atoms with van der Waals surface area (Å²) < 4.78 is 107. The molecule has 0 saturated heterocycles. The van der Waals surface area contributed by atoms with Crippen LogP contribution in [0.4, 0.5) is 23.3 Å². The maximum Gasteiger partial charge on any atom is 0.264 e. The number of halogens is 4. The van der Waals surface area contributed by atoms with Crippen molar-refractivity contribution < 1.29 is 33.7 Å². The molecule has 16 nitrogen and oxygen atoms in total. The standard InChI is InChI=1S/C32H16Cl4N8O8S4/c33-53(45,46)21-19-20(22(54(34,47)48)24(56(36,51)52)23(21)55(35,49)50)32-43-30-18-12-6-4-10-16(18)28(41-30)39-26-14-8-2-1-7-13(14)25(37-26)38-27-15-9-3-5-11-17(15)29(40-27)42-31(19)44-32/h1-12H,(H4,37,38,39,40,41,42,43,44). The summed E-state index contributed by atoms with van der Waals surface area (Å²) in [4.78, 5) is 24.7. The van der Waals surface area contributed by atoms with Gasteiger partial charge in [-0.3, -0.25) is 0 Å². The van der Waals surface area contributed by atoms with Crippen LogP contribution in [-0.2, 0) is 36.2 Å². The number of H-pyrrole nitrogens is 4. The van der Waals surface area contributed by atoms with Crippen molar-refractivity contribution in [2.24, 2.45) is 20.0 Å². The van der Waals surface area contributed by atoms with Crippen molar-refractivity contribution in [1.82, 2.24) is 19.9 Å². The molecule has 56 heavy (non-hydrogen) atoms. The first kappa shape index (κ1) is 36.8. The summed E-state index contributed by atoms with van der Waals surface area (Å²) in [5.41, 5.74) is -0.340. The van der Waals surface area contributed by atoms with Crippen LogP contribution < -0.4 is 22.0 Å². The van der Waals surface area contributed by atoms with E-state index in [9.17, 15) is 33.7 Å². The van der Waals surface area contributed by atoms with Crippen LogP contribution in [0.15, 0.2) is 112 Å². The molecule has 9 rings (SSSR count). The zero-order chi connectivity index (χ0) is 39.7. The molecule has 8 bridgehead atoms. The zero-order valence-electron chi connectivity index (χ0n) is 27.1. The predicted molar refractivity (Wildman–Crippen MR) is 209 cm³/mol. The van der Waals surface area contributed by atoms with Gasteiger partial charge in [-0.1, -0.05) is 72.8 Å². The molecule has 0 spiro atoms. The van der Waals surface area contributed by atoms with E-state index in [4.69, 9.17) is 52.7 Å². The van der Waals surface area contributed by atoms with E-state index in [2.05, 4.69) is 29.9 Å². The van der Waals surface area contributed by atoms with Crippen LogP contribution in [0.25, 0.3) is 43.1 Å². The number of nitrogens with zero attached hydrogens (tertiary/aromatic N) is 4. The van der Waals surface area contributed by atoms with Gasteiger partial charge >= 0.3 is 0 Å². The highest BCUT2D eigenvalue weighted by Gasteiger charge is 2.42. The van der Waals surface area contributed by atoms with Crippen LogP contribution in [0.5, 0.6) is 0 Å². The van der Waals surface area contributed by atoms with E-state index in [1.807, 2.05) is 24.3 Å². The molecule has 0 saturated carbocycles. The van der Waals surface area contributed by atoms with Gasteiger partial charge in [-0.2, -0.15) is 0 Å². The van der Waals surface area contributed by atoms with E-state index >= 15 is 0 Å². The number of aromatic amines is 4. The molecule has 24 heteroatoms. The average Bonchev–Trinajstić information content (AvgIpc) is 3.84. The molecule has 4 aromatic heterocycles. The van der Waals surface area contributed by atoms with Crippen LogP contribution >= 0.6 is 42.7 Å². The van der Waals surface area contributed by atoms with Crippen LogP contribution in [0, 0.1) is 0 Å². The van der Waals surface area contributed by atoms with Gasteiger partial charge in [0.2, 0.25) is 0 Å². The Morgan fingerprint density at radius 2 is 0.589 bits per heavy atom. The molecule has 0 atom stereocenters. The minimum atomic E-state index is -5.55. The quantitative estimate of drug-likeness (QED) is 0.165. The number of fused-ring (bicyclic) bond motifs is 20. The first-order valence-corrected chi connectivity index (χ1v) is 24.8. The first-order valence-electron chi connectivity index (χ1n) is 15.5. The molecule has 1 aliphatic rings. The number of hydrogen-bond acceptors (Lipinski definition) is 12. The molecule has 4 N–H and O–H groups in total. The van der Waals surface area contributed by atoms with Gasteiger partial charge in [-0.15, -0.1) is 0 Å². The third-order valence-corrected chi connectivity index (χ3v) is 14.7. The van der Waals surface area contributed by atoms with Gasteiger partial charge in [0.05, 0.1) is 10.8 Å². The molecular weight excluding hydrogens is 894 g/mol. The van der Waals surface area contributed by atoms with E-state index in [0.717, 1.165) is 0 Å². The number of benzene rings is 4. The molecule has 0 unspecified atom stereocenters. The van der Waals surface area contributed by atoms with Crippen molar-refractivity contribution in [2.45, 2.75) is 19.6 Å². The van der Waals surface area contributed by atoms with Crippen LogP contribution in [0.1, 0.15) is 0 Å². The lowest BCUT2D eigenvalue weighted by Crippen LogP contribution is -2.16. The number of aromatic nitrogens is 4. The average molecular weight is 911 g/mol. The summed E-state index contributed by atoms with van der Waals surface area (Å²) in [5, 5.41) is 1.54. The van der Waals surface area contributed by atoms with Gasteiger partial charge in [0.25, 0.3) is 36.2 Å². The second-order valence-electron chi connectivity index (χ2n) is 12.2. The Hall–Kier alpha value is -4.80. The second-order valence-corrected chi connectivity index (χ2v) is 22.2. The third-order valence-electron chi connectivity index (χ3n) is 8.93. The molecule has 0 aliphatic carbocycles. The van der Waals surface area contributed by atoms with E-state index in [1.165, 1.54) is 0 Å². The van der Waals surface area contributed by atoms with Gasteiger partial charge in [0.1, 0.15) is 64.8 Å². The zero-order valence-corrected chi connectivity index (χ0v) is 33.4. The van der Waals surface area contributed by atoms with E-state index < -0.39 is 77.5 Å². The number of rotatable bonds is 4. The van der Waals surface area contributed by atoms with E-state index in [0.29, 0.717) is 43.3 Å². The molecule has 0 amide bonds. The Labute approximate surface area is 330 Å². The normalized spacial score (nSPS) is 13.8. The summed E-state index contributed by atoms with van der Waals surface area (Å²) in [6.45, 7) is 0. The summed E-state index contributed by atoms with van der Waals surface area (Å²) in [6, 6.07) is 20.9. The maximum atomic E-state index is 13.5. The molecule has 1 aliphatic heterocycles.